The summed E-state index contributed by atoms with van der Waals surface area (Å²) in [4.78, 5) is 24.7. The number of piperazine rings is 1. The van der Waals surface area contributed by atoms with Crippen molar-refractivity contribution in [3.05, 3.63) is 66.1 Å². The van der Waals surface area contributed by atoms with Gasteiger partial charge in [0.05, 0.1) is 12.9 Å². The maximum absolute atomic E-state index is 13.1. The number of furan rings is 1. The third kappa shape index (κ3) is 4.73. The lowest BCUT2D eigenvalue weighted by atomic mass is 10.2. The summed E-state index contributed by atoms with van der Waals surface area (Å²) < 4.78 is 23.3. The van der Waals surface area contributed by atoms with Gasteiger partial charge in [-0.25, -0.2) is 19.2 Å². The molecule has 30 heavy (non-hydrogen) atoms. The van der Waals surface area contributed by atoms with E-state index in [2.05, 4.69) is 24.5 Å². The first-order valence-electron chi connectivity index (χ1n) is 9.50. The summed E-state index contributed by atoms with van der Waals surface area (Å²) in [6.45, 7) is 3.31. The predicted octanol–water partition coefficient (Wildman–Crippen LogP) is 3.61. The van der Waals surface area contributed by atoms with Gasteiger partial charge in [-0.05, 0) is 36.4 Å². The fraction of sp³-hybridized carbons (Fsp3) is 0.286. The van der Waals surface area contributed by atoms with E-state index in [1.165, 1.54) is 31.0 Å². The number of benzene rings is 1. The molecule has 1 fully saturated rings. The number of halogens is 1. The van der Waals surface area contributed by atoms with Crippen LogP contribution in [0.3, 0.4) is 0 Å². The van der Waals surface area contributed by atoms with Gasteiger partial charge in [0, 0.05) is 37.9 Å². The molecule has 3 heterocycles. The molecule has 0 spiro atoms. The molecule has 1 saturated heterocycles. The van der Waals surface area contributed by atoms with Gasteiger partial charge in [-0.15, -0.1) is 0 Å². The second-order valence-corrected chi connectivity index (χ2v) is 7.71. The summed E-state index contributed by atoms with van der Waals surface area (Å²) >= 11 is 1.51. The molecule has 7 nitrogen and oxygen atoms in total. The van der Waals surface area contributed by atoms with Crippen molar-refractivity contribution in [3.8, 4) is 0 Å². The van der Waals surface area contributed by atoms with E-state index in [1.54, 1.807) is 18.5 Å². The Bertz CT molecular complexity index is 1000. The molecule has 0 bridgehead atoms. The maximum atomic E-state index is 13.1. The lowest BCUT2D eigenvalue weighted by Crippen LogP contribution is -2.46. The van der Waals surface area contributed by atoms with E-state index in [4.69, 9.17) is 4.42 Å². The lowest BCUT2D eigenvalue weighted by Gasteiger charge is -2.36. The number of methoxy groups -OCH3 is 1. The number of ether oxygens (including phenoxy) is 1. The molecular weight excluding hydrogens is 407 g/mol. The summed E-state index contributed by atoms with van der Waals surface area (Å²) in [5.74, 6) is 1.57. The van der Waals surface area contributed by atoms with Crippen molar-refractivity contribution >= 4 is 29.2 Å². The summed E-state index contributed by atoms with van der Waals surface area (Å²) in [5.41, 5.74) is 1.03. The summed E-state index contributed by atoms with van der Waals surface area (Å²) in [7, 11) is 1.32. The molecule has 3 aromatic rings. The maximum Gasteiger partial charge on any atom is 0.373 e. The molecular formula is C21H21FN4O3S. The Kier molecular flexibility index (Phi) is 6.18. The number of nitrogens with zero attached hydrogens (tertiary/aromatic N) is 4. The minimum Gasteiger partial charge on any atom is -0.463 e. The minimum absolute atomic E-state index is 0.190. The number of esters is 1. The topological polar surface area (TPSA) is 71.7 Å². The zero-order chi connectivity index (χ0) is 20.9. The number of hydrogen-bond acceptors (Lipinski definition) is 8. The second kappa shape index (κ2) is 9.17. The molecule has 156 valence electrons. The molecule has 9 heteroatoms. The largest absolute Gasteiger partial charge is 0.463 e. The molecule has 1 aliphatic heterocycles. The summed E-state index contributed by atoms with van der Waals surface area (Å²) in [6, 6.07) is 11.9. The van der Waals surface area contributed by atoms with Crippen LogP contribution in [0, 0.1) is 5.82 Å². The molecule has 2 aromatic heterocycles. The molecule has 0 amide bonds. The van der Waals surface area contributed by atoms with Crippen LogP contribution >= 0.6 is 11.8 Å². The number of carbonyl (C=O) groups is 1. The highest BCUT2D eigenvalue weighted by Gasteiger charge is 2.19. The van der Waals surface area contributed by atoms with Crippen LogP contribution in [0.5, 0.6) is 0 Å². The SMILES string of the molecule is COC(=O)c1ccc(CSc2cc(N3CCN(c4ccc(F)cc4)CC3)ncn2)o1. The fourth-order valence-corrected chi connectivity index (χ4v) is 3.99. The highest BCUT2D eigenvalue weighted by molar-refractivity contribution is 7.98. The van der Waals surface area contributed by atoms with Crippen LogP contribution in [-0.4, -0.2) is 49.2 Å². The Morgan fingerprint density at radius 1 is 1.10 bits per heavy atom. The Labute approximate surface area is 177 Å². The van der Waals surface area contributed by atoms with Crippen molar-refractivity contribution in [1.29, 1.82) is 0 Å². The van der Waals surface area contributed by atoms with E-state index in [9.17, 15) is 9.18 Å². The van der Waals surface area contributed by atoms with Crippen LogP contribution in [0.15, 0.2) is 58.2 Å². The van der Waals surface area contributed by atoms with Crippen LogP contribution in [0.1, 0.15) is 16.3 Å². The van der Waals surface area contributed by atoms with Crippen LogP contribution in [0.4, 0.5) is 15.9 Å². The van der Waals surface area contributed by atoms with Crippen LogP contribution in [0.25, 0.3) is 0 Å². The van der Waals surface area contributed by atoms with Gasteiger partial charge in [-0.2, -0.15) is 0 Å². The number of carbonyl (C=O) groups excluding carboxylic acids is 1. The molecule has 1 aliphatic rings. The standard InChI is InChI=1S/C21H21FN4O3S/c1-28-21(27)18-7-6-17(29-18)13-30-20-12-19(23-14-24-20)26-10-8-25(9-11-26)16-4-2-15(22)3-5-16/h2-7,12,14H,8-11,13H2,1H3. The van der Waals surface area contributed by atoms with Gasteiger partial charge in [0.25, 0.3) is 0 Å². The zero-order valence-electron chi connectivity index (χ0n) is 16.5. The van der Waals surface area contributed by atoms with E-state index >= 15 is 0 Å². The van der Waals surface area contributed by atoms with Crippen molar-refractivity contribution in [1.82, 2.24) is 9.97 Å². The minimum atomic E-state index is -0.490. The fourth-order valence-electron chi connectivity index (χ4n) is 3.24. The van der Waals surface area contributed by atoms with E-state index in [0.717, 1.165) is 42.7 Å². The average Bonchev–Trinajstić information content (AvgIpc) is 3.27. The van der Waals surface area contributed by atoms with Gasteiger partial charge < -0.3 is 19.0 Å². The Balaban J connectivity index is 1.34. The van der Waals surface area contributed by atoms with E-state index in [0.29, 0.717) is 11.5 Å². The van der Waals surface area contributed by atoms with Gasteiger partial charge in [-0.3, -0.25) is 0 Å². The van der Waals surface area contributed by atoms with Gasteiger partial charge in [-0.1, -0.05) is 11.8 Å². The number of anilines is 2. The molecule has 0 radical (unpaired) electrons. The first-order valence-corrected chi connectivity index (χ1v) is 10.5. The Morgan fingerprint density at radius 3 is 2.57 bits per heavy atom. The average molecular weight is 428 g/mol. The molecule has 4 rings (SSSR count). The molecule has 0 N–H and O–H groups in total. The number of hydrogen-bond donors (Lipinski definition) is 0. The van der Waals surface area contributed by atoms with Crippen LogP contribution < -0.4 is 9.80 Å². The van der Waals surface area contributed by atoms with E-state index in [-0.39, 0.29) is 11.6 Å². The lowest BCUT2D eigenvalue weighted by molar-refractivity contribution is 0.0563. The highest BCUT2D eigenvalue weighted by atomic mass is 32.2. The van der Waals surface area contributed by atoms with Crippen LogP contribution in [0.2, 0.25) is 0 Å². The number of rotatable bonds is 6. The normalized spacial score (nSPS) is 14.1. The van der Waals surface area contributed by atoms with Gasteiger partial charge in [0.2, 0.25) is 5.76 Å². The number of aromatic nitrogens is 2. The Morgan fingerprint density at radius 2 is 1.83 bits per heavy atom. The molecule has 0 atom stereocenters. The third-order valence-electron chi connectivity index (χ3n) is 4.83. The van der Waals surface area contributed by atoms with Crippen LogP contribution in [-0.2, 0) is 10.5 Å². The van der Waals surface area contributed by atoms with Crippen molar-refractivity contribution in [3.63, 3.8) is 0 Å². The molecule has 0 unspecified atom stereocenters. The van der Waals surface area contributed by atoms with Crippen molar-refractivity contribution in [2.45, 2.75) is 10.8 Å². The molecule has 1 aromatic carbocycles. The summed E-state index contributed by atoms with van der Waals surface area (Å²) in [6.07, 6.45) is 1.56. The Hall–Kier alpha value is -3.07. The quantitative estimate of drug-likeness (QED) is 0.335. The highest BCUT2D eigenvalue weighted by Crippen LogP contribution is 2.26. The number of thioether (sulfide) groups is 1. The van der Waals surface area contributed by atoms with Gasteiger partial charge in [0.15, 0.2) is 0 Å². The zero-order valence-corrected chi connectivity index (χ0v) is 17.3. The van der Waals surface area contributed by atoms with Crippen molar-refractivity contribution in [2.24, 2.45) is 0 Å². The first kappa shape index (κ1) is 20.2. The monoisotopic (exact) mass is 428 g/mol. The van der Waals surface area contributed by atoms with E-state index in [1.807, 2.05) is 18.2 Å². The van der Waals surface area contributed by atoms with E-state index < -0.39 is 5.97 Å². The predicted molar refractivity (Wildman–Crippen MR) is 112 cm³/mol. The molecule has 0 aliphatic carbocycles. The third-order valence-corrected chi connectivity index (χ3v) is 5.78. The summed E-state index contributed by atoms with van der Waals surface area (Å²) in [5, 5.41) is 0.831. The first-order chi connectivity index (χ1) is 14.6. The van der Waals surface area contributed by atoms with Gasteiger partial charge >= 0.3 is 5.97 Å². The van der Waals surface area contributed by atoms with Crippen molar-refractivity contribution in [2.75, 3.05) is 43.1 Å². The van der Waals surface area contributed by atoms with Gasteiger partial charge in [0.1, 0.15) is 28.7 Å². The second-order valence-electron chi connectivity index (χ2n) is 6.71. The van der Waals surface area contributed by atoms with Crippen molar-refractivity contribution < 1.29 is 18.3 Å². The molecule has 0 saturated carbocycles. The smallest absolute Gasteiger partial charge is 0.373 e.